The third kappa shape index (κ3) is 10.0. The molecule has 4 aliphatic heterocycles. The number of nitrogens with one attached hydrogen (secondary N) is 3. The summed E-state index contributed by atoms with van der Waals surface area (Å²) in [5.74, 6) is -0.465. The minimum atomic E-state index is -4.44. The number of ether oxygens (including phenoxy) is 4. The van der Waals surface area contributed by atoms with Gasteiger partial charge < -0.3 is 23.8 Å². The lowest BCUT2D eigenvalue weighted by Gasteiger charge is -2.39. The Morgan fingerprint density at radius 1 is 1.05 bits per heavy atom. The number of anilines is 1. The van der Waals surface area contributed by atoms with Gasteiger partial charge in [-0.1, -0.05) is 35.3 Å². The monoisotopic (exact) mass is 886 g/mol. The van der Waals surface area contributed by atoms with Crippen LogP contribution in [-0.2, 0) is 19.5 Å². The van der Waals surface area contributed by atoms with E-state index in [1.807, 2.05) is 24.3 Å². The topological polar surface area (TPSA) is 144 Å². The van der Waals surface area contributed by atoms with Crippen molar-refractivity contribution in [2.45, 2.75) is 80.7 Å². The predicted octanol–water partition coefficient (Wildman–Crippen LogP) is 6.20. The molecule has 1 saturated carbocycles. The second kappa shape index (κ2) is 18.1. The number of amides is 1. The van der Waals surface area contributed by atoms with Gasteiger partial charge in [0, 0.05) is 100 Å². The number of piperazine rings is 1. The van der Waals surface area contributed by atoms with Gasteiger partial charge in [-0.3, -0.25) is 20.5 Å². The van der Waals surface area contributed by atoms with Crippen LogP contribution in [0, 0.1) is 5.92 Å². The summed E-state index contributed by atoms with van der Waals surface area (Å²) in [5.41, 5.74) is 9.46. The second-order valence-electron chi connectivity index (χ2n) is 17.1. The van der Waals surface area contributed by atoms with E-state index >= 15 is 4.39 Å². The van der Waals surface area contributed by atoms with Crippen molar-refractivity contribution in [1.29, 1.82) is 0 Å². The van der Waals surface area contributed by atoms with Gasteiger partial charge in [-0.2, -0.15) is 0 Å². The van der Waals surface area contributed by atoms with Crippen LogP contribution in [0.4, 0.5) is 10.1 Å². The fraction of sp³-hybridized carbons (Fsp3) is 0.535. The number of benzene rings is 2. The van der Waals surface area contributed by atoms with E-state index in [2.05, 4.69) is 56.3 Å². The van der Waals surface area contributed by atoms with Crippen LogP contribution in [0.2, 0.25) is 10.0 Å². The van der Waals surface area contributed by atoms with Gasteiger partial charge in [0.05, 0.1) is 24.0 Å². The quantitative estimate of drug-likeness (QED) is 0.191. The first-order valence-corrected chi connectivity index (χ1v) is 23.0. The summed E-state index contributed by atoms with van der Waals surface area (Å²) in [6.07, 6.45) is 4.76. The number of nitrogens with zero attached hydrogens (tertiary/aromatic N) is 3. The van der Waals surface area contributed by atoms with Crippen LogP contribution in [-0.4, -0.2) is 113 Å². The number of fused-ring (bicyclic) bond motifs is 1. The Kier molecular flexibility index (Phi) is 13.0. The van der Waals surface area contributed by atoms with Gasteiger partial charge in [-0.05, 0) is 80.2 Å². The van der Waals surface area contributed by atoms with Crippen molar-refractivity contribution in [3.63, 3.8) is 0 Å². The number of carbonyl (C=O) groups excluding carboxylic acids is 1. The van der Waals surface area contributed by atoms with Crippen molar-refractivity contribution in [1.82, 2.24) is 25.5 Å². The van der Waals surface area contributed by atoms with E-state index in [9.17, 15) is 13.2 Å². The van der Waals surface area contributed by atoms with Crippen molar-refractivity contribution in [2.75, 3.05) is 70.6 Å². The van der Waals surface area contributed by atoms with E-state index in [4.69, 9.17) is 42.1 Å². The minimum absolute atomic E-state index is 0.0904. The van der Waals surface area contributed by atoms with Crippen molar-refractivity contribution < 1.29 is 36.6 Å². The van der Waals surface area contributed by atoms with E-state index in [-0.39, 0.29) is 77.7 Å². The molecule has 1 aliphatic carbocycles. The SMILES string of the molecule is CC1(C)CC(c2ccc(Cl)cc2)=C(CN2CCN(c3ccc(C(=O)NS(=O)(=O)c4cnc(OCC5(F)CCOCC5)c(Cl)c4)c(OC4CCCC5NNCC54)c3)CC2)CO1. The lowest BCUT2D eigenvalue weighted by Crippen LogP contribution is -2.47. The Morgan fingerprint density at radius 2 is 1.82 bits per heavy atom. The zero-order valence-electron chi connectivity index (χ0n) is 34.0. The van der Waals surface area contributed by atoms with Crippen molar-refractivity contribution >= 4 is 50.4 Å². The highest BCUT2D eigenvalue weighted by atomic mass is 35.5. The highest BCUT2D eigenvalue weighted by molar-refractivity contribution is 7.90. The Bertz CT molecular complexity index is 2180. The number of alkyl halides is 1. The molecular formula is C43H53Cl2FN6O7S. The molecule has 1 amide bonds. The molecule has 13 nitrogen and oxygen atoms in total. The first kappa shape index (κ1) is 43.1. The van der Waals surface area contributed by atoms with Crippen LogP contribution in [0.5, 0.6) is 11.6 Å². The fourth-order valence-corrected chi connectivity index (χ4v) is 10.1. The molecule has 324 valence electrons. The first-order valence-electron chi connectivity index (χ1n) is 20.7. The van der Waals surface area contributed by atoms with E-state index in [0.29, 0.717) is 17.4 Å². The van der Waals surface area contributed by atoms with Crippen molar-refractivity contribution in [3.8, 4) is 11.6 Å². The molecule has 17 heteroatoms. The number of sulfonamides is 1. The number of hydrogen-bond donors (Lipinski definition) is 3. The number of aromatic nitrogens is 1. The Balaban J connectivity index is 0.975. The lowest BCUT2D eigenvalue weighted by atomic mass is 9.83. The van der Waals surface area contributed by atoms with E-state index < -0.39 is 21.6 Å². The van der Waals surface area contributed by atoms with E-state index in [1.165, 1.54) is 16.7 Å². The number of hydrogen-bond acceptors (Lipinski definition) is 12. The van der Waals surface area contributed by atoms with E-state index in [0.717, 1.165) is 82.9 Å². The summed E-state index contributed by atoms with van der Waals surface area (Å²) in [4.78, 5) is 22.3. The van der Waals surface area contributed by atoms with Crippen LogP contribution in [0.3, 0.4) is 0 Å². The second-order valence-corrected chi connectivity index (χ2v) is 19.6. The minimum Gasteiger partial charge on any atom is -0.489 e. The third-order valence-corrected chi connectivity index (χ3v) is 14.1. The highest BCUT2D eigenvalue weighted by Crippen LogP contribution is 2.38. The number of hydrazine groups is 1. The zero-order valence-corrected chi connectivity index (χ0v) is 36.3. The molecule has 3 unspecified atom stereocenters. The van der Waals surface area contributed by atoms with Crippen molar-refractivity contribution in [2.24, 2.45) is 5.92 Å². The summed E-state index contributed by atoms with van der Waals surface area (Å²) in [5, 5.41) is 0.581. The Morgan fingerprint density at radius 3 is 2.57 bits per heavy atom. The molecule has 3 saturated heterocycles. The molecule has 1 aromatic heterocycles. The van der Waals surface area contributed by atoms with Crippen molar-refractivity contribution in [3.05, 3.63) is 81.5 Å². The van der Waals surface area contributed by atoms with Crippen LogP contribution in [0.1, 0.15) is 68.3 Å². The number of rotatable bonds is 12. The van der Waals surface area contributed by atoms with Gasteiger partial charge in [-0.25, -0.2) is 22.5 Å². The standard InChI is InChI=1S/C43H53Cl2FN6O7S/c1-42(2)22-34(28-6-8-30(44)9-7-28)29(26-58-42)25-51-14-16-52(17-15-51)31-10-11-33(39(20-31)59-38-5-3-4-37-35(38)24-48-49-37)40(53)50-60(54,55)32-21-36(45)41(47-23-32)57-27-43(46)12-18-56-19-13-43/h6-11,20-21,23,35,37-38,48-49H,3-5,12-19,22,24-27H2,1-2H3,(H,50,53). The molecule has 8 rings (SSSR count). The van der Waals surface area contributed by atoms with Gasteiger partial charge in [0.1, 0.15) is 34.0 Å². The normalized spacial score (nSPS) is 24.5. The molecule has 5 aliphatic rings. The van der Waals surface area contributed by atoms with Gasteiger partial charge >= 0.3 is 0 Å². The van der Waals surface area contributed by atoms with Crippen LogP contribution in [0.15, 0.2) is 65.2 Å². The number of carbonyl (C=O) groups is 1. The highest BCUT2D eigenvalue weighted by Gasteiger charge is 2.39. The number of pyridine rings is 1. The molecular weight excluding hydrogens is 834 g/mol. The lowest BCUT2D eigenvalue weighted by molar-refractivity contribution is -0.0331. The smallest absolute Gasteiger partial charge is 0.268 e. The summed E-state index contributed by atoms with van der Waals surface area (Å²) >= 11 is 12.6. The number of halogens is 3. The molecule has 0 bridgehead atoms. The molecule has 60 heavy (non-hydrogen) atoms. The molecule has 3 aromatic rings. The molecule has 0 radical (unpaired) electrons. The largest absolute Gasteiger partial charge is 0.489 e. The summed E-state index contributed by atoms with van der Waals surface area (Å²) < 4.78 is 68.2. The Hall–Kier alpha value is -3.54. The predicted molar refractivity (Wildman–Crippen MR) is 228 cm³/mol. The van der Waals surface area contributed by atoms with Gasteiger partial charge in [0.25, 0.3) is 15.9 Å². The molecule has 3 atom stereocenters. The average Bonchev–Trinajstić information content (AvgIpc) is 3.72. The third-order valence-electron chi connectivity index (χ3n) is 12.3. The molecule has 5 heterocycles. The molecule has 3 N–H and O–H groups in total. The molecule has 2 aromatic carbocycles. The van der Waals surface area contributed by atoms with Crippen LogP contribution < -0.4 is 29.9 Å². The maximum Gasteiger partial charge on any atom is 0.268 e. The van der Waals surface area contributed by atoms with Gasteiger partial charge in [0.15, 0.2) is 0 Å². The van der Waals surface area contributed by atoms with Gasteiger partial charge in [0.2, 0.25) is 5.88 Å². The molecule has 4 fully saturated rings. The van der Waals surface area contributed by atoms with Crippen LogP contribution in [0.25, 0.3) is 5.57 Å². The zero-order chi connectivity index (χ0) is 42.1. The average molecular weight is 888 g/mol. The fourth-order valence-electron chi connectivity index (χ4n) is 8.77. The van der Waals surface area contributed by atoms with Gasteiger partial charge in [-0.15, -0.1) is 0 Å². The maximum absolute atomic E-state index is 15.1. The molecule has 0 spiro atoms. The maximum atomic E-state index is 15.1. The summed E-state index contributed by atoms with van der Waals surface area (Å²) in [7, 11) is -4.44. The summed E-state index contributed by atoms with van der Waals surface area (Å²) in [6, 6.07) is 14.7. The van der Waals surface area contributed by atoms with E-state index in [1.54, 1.807) is 6.07 Å². The van der Waals surface area contributed by atoms with Crippen LogP contribution >= 0.6 is 23.2 Å². The first-order chi connectivity index (χ1) is 28.7. The Labute approximate surface area is 361 Å². The summed E-state index contributed by atoms with van der Waals surface area (Å²) in [6.45, 7) is 9.70.